The van der Waals surface area contributed by atoms with Gasteiger partial charge in [0.2, 0.25) is 0 Å². The number of hydrogen-bond acceptors (Lipinski definition) is 1. The van der Waals surface area contributed by atoms with Gasteiger partial charge in [0.1, 0.15) is 0 Å². The number of carbonyl (C=O) groups is 1. The van der Waals surface area contributed by atoms with E-state index in [2.05, 4.69) is 13.2 Å². The van der Waals surface area contributed by atoms with Crippen LogP contribution in [0.15, 0.2) is 24.8 Å². The van der Waals surface area contributed by atoms with Gasteiger partial charge in [0.15, 0.2) is 5.78 Å². The maximum absolute atomic E-state index is 10.3. The first kappa shape index (κ1) is 11.0. The molecule has 0 aromatic carbocycles. The highest BCUT2D eigenvalue weighted by Gasteiger charge is 1.90. The van der Waals surface area contributed by atoms with Crippen molar-refractivity contribution in [3.8, 4) is 0 Å². The fourth-order valence-corrected chi connectivity index (χ4v) is 0.174. The number of rotatable bonds is 2. The summed E-state index contributed by atoms with van der Waals surface area (Å²) >= 11 is 0. The van der Waals surface area contributed by atoms with Crippen LogP contribution in [0.1, 0.15) is 20.8 Å². The fourth-order valence-electron chi connectivity index (χ4n) is 0.174. The molecular formula is C8H14O. The van der Waals surface area contributed by atoms with E-state index in [0.29, 0.717) is 5.57 Å². The van der Waals surface area contributed by atoms with E-state index in [1.165, 1.54) is 6.08 Å². The van der Waals surface area contributed by atoms with Crippen molar-refractivity contribution in [3.05, 3.63) is 24.8 Å². The summed E-state index contributed by atoms with van der Waals surface area (Å²) in [5, 5.41) is 0. The van der Waals surface area contributed by atoms with Crippen molar-refractivity contribution in [2.45, 2.75) is 20.8 Å². The summed E-state index contributed by atoms with van der Waals surface area (Å²) < 4.78 is 0. The maximum atomic E-state index is 10.3. The van der Waals surface area contributed by atoms with Crippen LogP contribution in [-0.4, -0.2) is 5.78 Å². The summed E-state index contributed by atoms with van der Waals surface area (Å²) in [4.78, 5) is 10.3. The molecular weight excluding hydrogens is 112 g/mol. The Bertz CT molecular complexity index is 112. The minimum atomic E-state index is -0.0833. The molecule has 0 heterocycles. The van der Waals surface area contributed by atoms with Gasteiger partial charge < -0.3 is 0 Å². The quantitative estimate of drug-likeness (QED) is 0.519. The molecule has 0 rings (SSSR count). The Balaban J connectivity index is 0. The standard InChI is InChI=1S/C6H8O.C2H6/c1-4-6(7)5(2)3;1-2/h4H,1-2H2,3H3;1-2H3. The van der Waals surface area contributed by atoms with Crippen LogP contribution >= 0.6 is 0 Å². The van der Waals surface area contributed by atoms with Crippen molar-refractivity contribution in [3.63, 3.8) is 0 Å². The molecule has 0 aliphatic carbocycles. The first-order valence-corrected chi connectivity index (χ1v) is 3.00. The van der Waals surface area contributed by atoms with Crippen molar-refractivity contribution in [2.75, 3.05) is 0 Å². The van der Waals surface area contributed by atoms with Crippen molar-refractivity contribution < 1.29 is 4.79 Å². The molecule has 1 nitrogen and oxygen atoms in total. The molecule has 0 unspecified atom stereocenters. The van der Waals surface area contributed by atoms with Gasteiger partial charge in [-0.15, -0.1) is 0 Å². The molecule has 0 N–H and O–H groups in total. The summed E-state index contributed by atoms with van der Waals surface area (Å²) in [5.41, 5.74) is 0.537. The van der Waals surface area contributed by atoms with Gasteiger partial charge in [0.05, 0.1) is 0 Å². The van der Waals surface area contributed by atoms with E-state index in [1.54, 1.807) is 6.92 Å². The van der Waals surface area contributed by atoms with E-state index in [4.69, 9.17) is 0 Å². The van der Waals surface area contributed by atoms with Crippen LogP contribution in [0.4, 0.5) is 0 Å². The van der Waals surface area contributed by atoms with Gasteiger partial charge in [-0.05, 0) is 18.6 Å². The molecule has 0 aliphatic rings. The van der Waals surface area contributed by atoms with E-state index in [1.807, 2.05) is 13.8 Å². The average Bonchev–Trinajstić information content (AvgIpc) is 1.91. The lowest BCUT2D eigenvalue weighted by Gasteiger charge is -1.83. The Labute approximate surface area is 57.1 Å². The zero-order valence-corrected chi connectivity index (χ0v) is 6.40. The van der Waals surface area contributed by atoms with Crippen molar-refractivity contribution >= 4 is 5.78 Å². The minimum absolute atomic E-state index is 0.0833. The molecule has 0 bridgehead atoms. The Kier molecular flexibility index (Phi) is 8.75. The van der Waals surface area contributed by atoms with Crippen LogP contribution in [0, 0.1) is 0 Å². The zero-order chi connectivity index (χ0) is 7.86. The van der Waals surface area contributed by atoms with Crippen LogP contribution in [0.2, 0.25) is 0 Å². The Hall–Kier alpha value is -0.850. The first-order valence-electron chi connectivity index (χ1n) is 3.00. The lowest BCUT2D eigenvalue weighted by atomic mass is 10.2. The molecule has 9 heavy (non-hydrogen) atoms. The first-order chi connectivity index (χ1) is 4.18. The highest BCUT2D eigenvalue weighted by Crippen LogP contribution is 1.87. The van der Waals surface area contributed by atoms with Crippen molar-refractivity contribution in [2.24, 2.45) is 0 Å². The summed E-state index contributed by atoms with van der Waals surface area (Å²) in [5.74, 6) is -0.0833. The van der Waals surface area contributed by atoms with Crippen LogP contribution in [-0.2, 0) is 4.79 Å². The Morgan fingerprint density at radius 2 is 1.78 bits per heavy atom. The molecule has 0 spiro atoms. The lowest BCUT2D eigenvalue weighted by Crippen LogP contribution is -1.89. The number of ketones is 1. The number of allylic oxidation sites excluding steroid dienone is 2. The molecule has 0 saturated carbocycles. The van der Waals surface area contributed by atoms with Gasteiger partial charge in [-0.2, -0.15) is 0 Å². The molecule has 0 saturated heterocycles. The summed E-state index contributed by atoms with van der Waals surface area (Å²) in [6.45, 7) is 12.3. The van der Waals surface area contributed by atoms with Gasteiger partial charge in [-0.1, -0.05) is 27.0 Å². The third-order valence-corrected chi connectivity index (χ3v) is 0.606. The highest BCUT2D eigenvalue weighted by atomic mass is 16.1. The smallest absolute Gasteiger partial charge is 0.180 e. The number of hydrogen-bond donors (Lipinski definition) is 0. The largest absolute Gasteiger partial charge is 0.290 e. The zero-order valence-electron chi connectivity index (χ0n) is 6.40. The molecule has 0 aromatic heterocycles. The molecule has 1 heteroatoms. The van der Waals surface area contributed by atoms with E-state index < -0.39 is 0 Å². The van der Waals surface area contributed by atoms with E-state index in [-0.39, 0.29) is 5.78 Å². The van der Waals surface area contributed by atoms with Gasteiger partial charge in [0, 0.05) is 0 Å². The second-order valence-corrected chi connectivity index (χ2v) is 1.35. The van der Waals surface area contributed by atoms with Crippen LogP contribution in [0.25, 0.3) is 0 Å². The molecule has 0 fully saturated rings. The lowest BCUT2D eigenvalue weighted by molar-refractivity contribution is -0.111. The third kappa shape index (κ3) is 7.15. The molecule has 52 valence electrons. The number of carbonyl (C=O) groups excluding carboxylic acids is 1. The average molecular weight is 126 g/mol. The Morgan fingerprint density at radius 3 is 1.78 bits per heavy atom. The van der Waals surface area contributed by atoms with Crippen LogP contribution in [0.5, 0.6) is 0 Å². The van der Waals surface area contributed by atoms with Crippen molar-refractivity contribution in [1.29, 1.82) is 0 Å². The third-order valence-electron chi connectivity index (χ3n) is 0.606. The van der Waals surface area contributed by atoms with Crippen LogP contribution < -0.4 is 0 Å². The van der Waals surface area contributed by atoms with Crippen molar-refractivity contribution in [1.82, 2.24) is 0 Å². The normalized spacial score (nSPS) is 6.56. The highest BCUT2D eigenvalue weighted by molar-refractivity contribution is 6.02. The fraction of sp³-hybridized carbons (Fsp3) is 0.375. The molecule has 0 aliphatic heterocycles. The van der Waals surface area contributed by atoms with Gasteiger partial charge >= 0.3 is 0 Å². The molecule has 0 radical (unpaired) electrons. The summed E-state index contributed by atoms with van der Waals surface area (Å²) in [7, 11) is 0. The predicted molar refractivity (Wildman–Crippen MR) is 41.4 cm³/mol. The molecule has 0 aromatic rings. The minimum Gasteiger partial charge on any atom is -0.290 e. The monoisotopic (exact) mass is 126 g/mol. The molecule has 0 amide bonds. The second-order valence-electron chi connectivity index (χ2n) is 1.35. The van der Waals surface area contributed by atoms with E-state index in [9.17, 15) is 4.79 Å². The van der Waals surface area contributed by atoms with Gasteiger partial charge in [0.25, 0.3) is 0 Å². The van der Waals surface area contributed by atoms with E-state index in [0.717, 1.165) is 0 Å². The SMILES string of the molecule is C=CC(=O)C(=C)C.CC. The summed E-state index contributed by atoms with van der Waals surface area (Å²) in [6, 6.07) is 0. The second kappa shape index (κ2) is 7.15. The van der Waals surface area contributed by atoms with E-state index >= 15 is 0 Å². The van der Waals surface area contributed by atoms with Gasteiger partial charge in [-0.25, -0.2) is 0 Å². The van der Waals surface area contributed by atoms with Gasteiger partial charge in [-0.3, -0.25) is 4.79 Å². The predicted octanol–water partition coefficient (Wildman–Crippen LogP) is 2.34. The maximum Gasteiger partial charge on any atom is 0.180 e. The molecule has 0 atom stereocenters. The Morgan fingerprint density at radius 1 is 1.44 bits per heavy atom. The summed E-state index contributed by atoms with van der Waals surface area (Å²) in [6.07, 6.45) is 1.25. The van der Waals surface area contributed by atoms with Crippen LogP contribution in [0.3, 0.4) is 0 Å². The topological polar surface area (TPSA) is 17.1 Å².